The second-order valence-corrected chi connectivity index (χ2v) is 7.37. The van der Waals surface area contributed by atoms with Crippen molar-refractivity contribution >= 4 is 34.3 Å². The van der Waals surface area contributed by atoms with Crippen LogP contribution in [0.15, 0.2) is 52.9 Å². The zero-order valence-electron chi connectivity index (χ0n) is 17.1. The molecule has 30 heavy (non-hydrogen) atoms. The molecule has 0 saturated carbocycles. The number of benzene rings is 2. The summed E-state index contributed by atoms with van der Waals surface area (Å²) in [5, 5.41) is 9.70. The molecule has 0 bridgehead atoms. The van der Waals surface area contributed by atoms with Crippen LogP contribution in [0.2, 0.25) is 0 Å². The van der Waals surface area contributed by atoms with Gasteiger partial charge in [-0.2, -0.15) is 5.10 Å². The number of thiazole rings is 1. The Balaban J connectivity index is 1.60. The highest BCUT2D eigenvalue weighted by Crippen LogP contribution is 2.28. The third-order valence-corrected chi connectivity index (χ3v) is 4.79. The molecule has 0 aliphatic carbocycles. The van der Waals surface area contributed by atoms with Crippen LogP contribution in [0.25, 0.3) is 0 Å². The van der Waals surface area contributed by atoms with E-state index in [0.29, 0.717) is 18.1 Å². The van der Waals surface area contributed by atoms with Crippen LogP contribution < -0.4 is 20.2 Å². The van der Waals surface area contributed by atoms with Crippen LogP contribution in [0.3, 0.4) is 0 Å². The summed E-state index contributed by atoms with van der Waals surface area (Å²) in [6.07, 6.45) is 1.67. The Kier molecular flexibility index (Phi) is 7.40. The normalized spacial score (nSPS) is 10.8. The van der Waals surface area contributed by atoms with Crippen LogP contribution in [0.5, 0.6) is 11.5 Å². The number of hydrogen-bond donors (Lipinski definition) is 2. The first-order valence-electron chi connectivity index (χ1n) is 9.51. The van der Waals surface area contributed by atoms with Crippen molar-refractivity contribution < 1.29 is 14.3 Å². The molecule has 0 unspecified atom stereocenters. The summed E-state index contributed by atoms with van der Waals surface area (Å²) in [6, 6.07) is 13.0. The Bertz CT molecular complexity index is 1030. The van der Waals surface area contributed by atoms with Crippen molar-refractivity contribution in [2.24, 2.45) is 5.10 Å². The molecule has 1 amide bonds. The van der Waals surface area contributed by atoms with Crippen LogP contribution in [0, 0.1) is 13.8 Å². The summed E-state index contributed by atoms with van der Waals surface area (Å²) in [6.45, 7) is 6.15. The van der Waals surface area contributed by atoms with Gasteiger partial charge in [0.25, 0.3) is 5.91 Å². The number of aryl methyl sites for hydroxylation is 2. The lowest BCUT2D eigenvalue weighted by atomic mass is 10.2. The lowest BCUT2D eigenvalue weighted by molar-refractivity contribution is -0.118. The Morgan fingerprint density at radius 1 is 1.17 bits per heavy atom. The summed E-state index contributed by atoms with van der Waals surface area (Å²) < 4.78 is 11.3. The van der Waals surface area contributed by atoms with Gasteiger partial charge in [-0.3, -0.25) is 10.2 Å². The van der Waals surface area contributed by atoms with Crippen molar-refractivity contribution in [1.82, 2.24) is 4.98 Å². The maximum atomic E-state index is 12.2. The molecule has 0 radical (unpaired) electrons. The molecule has 1 heterocycles. The van der Waals surface area contributed by atoms with Crippen molar-refractivity contribution in [3.8, 4) is 11.5 Å². The van der Waals surface area contributed by atoms with E-state index in [4.69, 9.17) is 9.47 Å². The zero-order valence-corrected chi connectivity index (χ0v) is 18.0. The minimum absolute atomic E-state index is 0.119. The fourth-order valence-electron chi connectivity index (χ4n) is 2.62. The van der Waals surface area contributed by atoms with Gasteiger partial charge in [-0.25, -0.2) is 4.98 Å². The number of ether oxygens (including phenoxy) is 2. The highest BCUT2D eigenvalue weighted by Gasteiger charge is 2.09. The molecule has 2 aromatic carbocycles. The second kappa shape index (κ2) is 10.4. The summed E-state index contributed by atoms with van der Waals surface area (Å²) in [4.78, 5) is 16.5. The minimum Gasteiger partial charge on any atom is -0.490 e. The quantitative estimate of drug-likeness (QED) is 0.387. The predicted octanol–water partition coefficient (Wildman–Crippen LogP) is 4.62. The van der Waals surface area contributed by atoms with Crippen LogP contribution in [0.1, 0.15) is 23.7 Å². The molecular weight excluding hydrogens is 400 g/mol. The van der Waals surface area contributed by atoms with Gasteiger partial charge in [0.2, 0.25) is 5.13 Å². The first kappa shape index (κ1) is 21.3. The van der Waals surface area contributed by atoms with Gasteiger partial charge >= 0.3 is 0 Å². The number of hydrazone groups is 1. The molecule has 7 nitrogen and oxygen atoms in total. The molecule has 2 N–H and O–H groups in total. The molecule has 8 heteroatoms. The summed E-state index contributed by atoms with van der Waals surface area (Å²) in [7, 11) is 0. The van der Waals surface area contributed by atoms with Crippen LogP contribution in [-0.4, -0.2) is 30.3 Å². The molecule has 0 fully saturated rings. The molecule has 0 atom stereocenters. The van der Waals surface area contributed by atoms with E-state index in [1.54, 1.807) is 12.3 Å². The van der Waals surface area contributed by atoms with Crippen molar-refractivity contribution in [1.29, 1.82) is 0 Å². The Labute approximate surface area is 179 Å². The van der Waals surface area contributed by atoms with Crippen LogP contribution >= 0.6 is 11.3 Å². The number of carbonyl (C=O) groups is 1. The van der Waals surface area contributed by atoms with E-state index in [0.717, 1.165) is 27.6 Å². The average Bonchev–Trinajstić information content (AvgIpc) is 3.13. The highest BCUT2D eigenvalue weighted by molar-refractivity contribution is 7.13. The highest BCUT2D eigenvalue weighted by atomic mass is 32.1. The lowest BCUT2D eigenvalue weighted by Gasteiger charge is -2.13. The predicted molar refractivity (Wildman–Crippen MR) is 121 cm³/mol. The summed E-state index contributed by atoms with van der Waals surface area (Å²) in [5.41, 5.74) is 6.49. The molecule has 0 spiro atoms. The lowest BCUT2D eigenvalue weighted by Crippen LogP contribution is -2.20. The van der Waals surface area contributed by atoms with Gasteiger partial charge in [0.15, 0.2) is 18.1 Å². The standard InChI is InChI=1S/C22H24N4O3S/c1-4-28-20-11-17(12-23-26-22-24-16(3)14-30-22)8-9-19(20)29-13-21(27)25-18-7-5-6-15(2)10-18/h5-12,14H,4,13H2,1-3H3,(H,24,26)(H,25,27). The van der Waals surface area contributed by atoms with Gasteiger partial charge in [0, 0.05) is 11.1 Å². The first-order valence-corrected chi connectivity index (χ1v) is 10.4. The largest absolute Gasteiger partial charge is 0.490 e. The van der Waals surface area contributed by atoms with Crippen molar-refractivity contribution in [2.75, 3.05) is 24.0 Å². The fraction of sp³-hybridized carbons (Fsp3) is 0.227. The third-order valence-electron chi connectivity index (χ3n) is 3.92. The molecule has 0 saturated heterocycles. The number of anilines is 2. The number of aromatic nitrogens is 1. The Morgan fingerprint density at radius 3 is 2.77 bits per heavy atom. The van der Waals surface area contributed by atoms with Crippen molar-refractivity contribution in [2.45, 2.75) is 20.8 Å². The van der Waals surface area contributed by atoms with Crippen LogP contribution in [0.4, 0.5) is 10.8 Å². The third kappa shape index (κ3) is 6.31. The number of nitrogens with zero attached hydrogens (tertiary/aromatic N) is 2. The Hall–Kier alpha value is -3.39. The van der Waals surface area contributed by atoms with Crippen molar-refractivity contribution in [3.63, 3.8) is 0 Å². The van der Waals surface area contributed by atoms with E-state index in [2.05, 4.69) is 20.8 Å². The molecule has 0 aliphatic heterocycles. The van der Waals surface area contributed by atoms with E-state index in [-0.39, 0.29) is 12.5 Å². The summed E-state index contributed by atoms with van der Waals surface area (Å²) >= 11 is 1.49. The smallest absolute Gasteiger partial charge is 0.262 e. The van der Waals surface area contributed by atoms with E-state index in [1.165, 1.54) is 11.3 Å². The zero-order chi connectivity index (χ0) is 21.3. The van der Waals surface area contributed by atoms with Crippen LogP contribution in [-0.2, 0) is 4.79 Å². The number of carbonyl (C=O) groups excluding carboxylic acids is 1. The molecule has 3 aromatic rings. The number of amides is 1. The molecular formula is C22H24N4O3S. The summed E-state index contributed by atoms with van der Waals surface area (Å²) in [5.74, 6) is 0.809. The minimum atomic E-state index is -0.239. The number of hydrogen-bond acceptors (Lipinski definition) is 7. The molecule has 1 aromatic heterocycles. The monoisotopic (exact) mass is 424 g/mol. The molecule has 156 valence electrons. The van der Waals surface area contributed by atoms with Gasteiger partial charge in [-0.15, -0.1) is 11.3 Å². The van der Waals surface area contributed by atoms with Gasteiger partial charge < -0.3 is 14.8 Å². The van der Waals surface area contributed by atoms with Gasteiger partial charge in [-0.05, 0) is 62.2 Å². The number of nitrogens with one attached hydrogen (secondary N) is 2. The molecule has 3 rings (SSSR count). The van der Waals surface area contributed by atoms with E-state index < -0.39 is 0 Å². The van der Waals surface area contributed by atoms with Gasteiger partial charge in [0.1, 0.15) is 0 Å². The number of rotatable bonds is 9. The maximum Gasteiger partial charge on any atom is 0.262 e. The van der Waals surface area contributed by atoms with E-state index >= 15 is 0 Å². The van der Waals surface area contributed by atoms with E-state index in [1.807, 2.05) is 62.5 Å². The van der Waals surface area contributed by atoms with E-state index in [9.17, 15) is 4.79 Å². The fourth-order valence-corrected chi connectivity index (χ4v) is 3.26. The average molecular weight is 425 g/mol. The molecule has 0 aliphatic rings. The van der Waals surface area contributed by atoms with Gasteiger partial charge in [0.05, 0.1) is 18.5 Å². The Morgan fingerprint density at radius 2 is 2.03 bits per heavy atom. The van der Waals surface area contributed by atoms with Gasteiger partial charge in [-0.1, -0.05) is 12.1 Å². The second-order valence-electron chi connectivity index (χ2n) is 6.51. The maximum absolute atomic E-state index is 12.2. The van der Waals surface area contributed by atoms with Crippen molar-refractivity contribution in [3.05, 3.63) is 64.7 Å². The first-order chi connectivity index (χ1) is 14.5. The topological polar surface area (TPSA) is 84.8 Å². The SMILES string of the molecule is CCOc1cc(C=NNc2nc(C)cs2)ccc1OCC(=O)Nc1cccc(C)c1.